The van der Waals surface area contributed by atoms with Gasteiger partial charge >= 0.3 is 0 Å². The molecule has 1 heterocycles. The van der Waals surface area contributed by atoms with Crippen LogP contribution in [0, 0.1) is 6.92 Å². The highest BCUT2D eigenvalue weighted by atomic mass is 16.3. The van der Waals surface area contributed by atoms with Crippen molar-refractivity contribution in [3.63, 3.8) is 0 Å². The molecule has 1 fully saturated rings. The van der Waals surface area contributed by atoms with Gasteiger partial charge in [-0.15, -0.1) is 0 Å². The van der Waals surface area contributed by atoms with Crippen molar-refractivity contribution in [3.05, 3.63) is 35.4 Å². The van der Waals surface area contributed by atoms with Crippen LogP contribution in [0.1, 0.15) is 36.9 Å². The minimum absolute atomic E-state index is 0.225. The van der Waals surface area contributed by atoms with Crippen LogP contribution in [-0.4, -0.2) is 42.3 Å². The Balaban J connectivity index is 2.01. The van der Waals surface area contributed by atoms with E-state index in [0.29, 0.717) is 12.1 Å². The summed E-state index contributed by atoms with van der Waals surface area (Å²) in [6.45, 7) is 7.47. The van der Waals surface area contributed by atoms with Crippen LogP contribution < -0.4 is 5.32 Å². The summed E-state index contributed by atoms with van der Waals surface area (Å²) >= 11 is 0. The Hall–Kier alpha value is -0.900. The molecule has 0 saturated carbocycles. The van der Waals surface area contributed by atoms with E-state index < -0.39 is 0 Å². The SMILES string of the molecule is Cc1ccc(C(C)N(CCO)CC2CCCN2)cc1. The molecule has 1 aliphatic heterocycles. The van der Waals surface area contributed by atoms with E-state index in [-0.39, 0.29) is 6.61 Å². The lowest BCUT2D eigenvalue weighted by Crippen LogP contribution is -2.40. The van der Waals surface area contributed by atoms with E-state index in [9.17, 15) is 5.11 Å². The summed E-state index contributed by atoms with van der Waals surface area (Å²) in [5.74, 6) is 0. The van der Waals surface area contributed by atoms with Crippen molar-refractivity contribution < 1.29 is 5.11 Å². The lowest BCUT2D eigenvalue weighted by Gasteiger charge is -2.31. The van der Waals surface area contributed by atoms with Crippen LogP contribution in [0.15, 0.2) is 24.3 Å². The van der Waals surface area contributed by atoms with Gasteiger partial charge in [0.2, 0.25) is 0 Å². The highest BCUT2D eigenvalue weighted by molar-refractivity contribution is 5.23. The third-order valence-electron chi connectivity index (χ3n) is 4.11. The topological polar surface area (TPSA) is 35.5 Å². The van der Waals surface area contributed by atoms with E-state index in [1.165, 1.54) is 24.0 Å². The Morgan fingerprint density at radius 1 is 1.37 bits per heavy atom. The zero-order valence-electron chi connectivity index (χ0n) is 12.1. The van der Waals surface area contributed by atoms with Crippen molar-refractivity contribution in [1.29, 1.82) is 0 Å². The first kappa shape index (κ1) is 14.5. The molecule has 19 heavy (non-hydrogen) atoms. The van der Waals surface area contributed by atoms with Crippen molar-refractivity contribution >= 4 is 0 Å². The number of benzene rings is 1. The first-order valence-corrected chi connectivity index (χ1v) is 7.35. The number of nitrogens with zero attached hydrogens (tertiary/aromatic N) is 1. The summed E-state index contributed by atoms with van der Waals surface area (Å²) in [6.07, 6.45) is 2.53. The molecule has 0 bridgehead atoms. The van der Waals surface area contributed by atoms with E-state index in [0.717, 1.165) is 19.6 Å². The molecule has 3 nitrogen and oxygen atoms in total. The lowest BCUT2D eigenvalue weighted by atomic mass is 10.0. The fourth-order valence-corrected chi connectivity index (χ4v) is 2.82. The summed E-state index contributed by atoms with van der Waals surface area (Å²) in [7, 11) is 0. The summed E-state index contributed by atoms with van der Waals surface area (Å²) in [6, 6.07) is 9.67. The molecular formula is C16H26N2O. The van der Waals surface area contributed by atoms with Crippen LogP contribution >= 0.6 is 0 Å². The van der Waals surface area contributed by atoms with Gasteiger partial charge in [-0.2, -0.15) is 0 Å². The fourth-order valence-electron chi connectivity index (χ4n) is 2.82. The zero-order chi connectivity index (χ0) is 13.7. The molecule has 0 aromatic heterocycles. The monoisotopic (exact) mass is 262 g/mol. The second-order valence-electron chi connectivity index (χ2n) is 5.60. The van der Waals surface area contributed by atoms with Crippen molar-refractivity contribution in [1.82, 2.24) is 10.2 Å². The molecule has 0 aliphatic carbocycles. The van der Waals surface area contributed by atoms with Gasteiger partial charge in [0.15, 0.2) is 0 Å². The summed E-state index contributed by atoms with van der Waals surface area (Å²) in [5, 5.41) is 12.8. The largest absolute Gasteiger partial charge is 0.395 e. The van der Waals surface area contributed by atoms with Crippen LogP contribution in [0.4, 0.5) is 0 Å². The van der Waals surface area contributed by atoms with Gasteiger partial charge in [-0.1, -0.05) is 29.8 Å². The second kappa shape index (κ2) is 7.04. The van der Waals surface area contributed by atoms with E-state index in [4.69, 9.17) is 0 Å². The molecule has 106 valence electrons. The van der Waals surface area contributed by atoms with Crippen molar-refractivity contribution in [2.45, 2.75) is 38.8 Å². The van der Waals surface area contributed by atoms with Crippen LogP contribution in [0.3, 0.4) is 0 Å². The Morgan fingerprint density at radius 3 is 2.68 bits per heavy atom. The molecule has 0 radical (unpaired) electrons. The van der Waals surface area contributed by atoms with E-state index in [1.807, 2.05) is 0 Å². The van der Waals surface area contributed by atoms with Crippen LogP contribution in [-0.2, 0) is 0 Å². The minimum Gasteiger partial charge on any atom is -0.395 e. The van der Waals surface area contributed by atoms with Gasteiger partial charge in [-0.3, -0.25) is 4.90 Å². The van der Waals surface area contributed by atoms with Crippen molar-refractivity contribution in [2.24, 2.45) is 0 Å². The molecule has 1 aliphatic rings. The van der Waals surface area contributed by atoms with E-state index >= 15 is 0 Å². The first-order chi connectivity index (χ1) is 9.20. The predicted octanol–water partition coefficient (Wildman–Crippen LogP) is 2.10. The Bertz CT molecular complexity index is 371. The van der Waals surface area contributed by atoms with E-state index in [2.05, 4.69) is 48.3 Å². The quantitative estimate of drug-likeness (QED) is 0.824. The molecular weight excluding hydrogens is 236 g/mol. The van der Waals surface area contributed by atoms with Crippen molar-refractivity contribution in [3.8, 4) is 0 Å². The smallest absolute Gasteiger partial charge is 0.0558 e. The van der Waals surface area contributed by atoms with Crippen LogP contribution in [0.25, 0.3) is 0 Å². The number of hydrogen-bond donors (Lipinski definition) is 2. The molecule has 1 aromatic rings. The lowest BCUT2D eigenvalue weighted by molar-refractivity contribution is 0.147. The normalized spacial score (nSPS) is 20.9. The van der Waals surface area contributed by atoms with Gasteiger partial charge in [0.1, 0.15) is 0 Å². The molecule has 1 aromatic carbocycles. The Kier molecular flexibility index (Phi) is 5.37. The maximum atomic E-state index is 9.29. The molecule has 2 rings (SSSR count). The minimum atomic E-state index is 0.225. The number of hydrogen-bond acceptors (Lipinski definition) is 3. The van der Waals surface area contributed by atoms with E-state index in [1.54, 1.807) is 0 Å². The number of aryl methyl sites for hydroxylation is 1. The Labute approximate surface area is 116 Å². The van der Waals surface area contributed by atoms with Crippen LogP contribution in [0.5, 0.6) is 0 Å². The molecule has 3 heteroatoms. The third-order valence-corrected chi connectivity index (χ3v) is 4.11. The van der Waals surface area contributed by atoms with Gasteiger partial charge in [-0.05, 0) is 38.8 Å². The standard InChI is InChI=1S/C16H26N2O/c1-13-5-7-15(8-6-13)14(2)18(10-11-19)12-16-4-3-9-17-16/h5-8,14,16-17,19H,3-4,9-12H2,1-2H3. The van der Waals surface area contributed by atoms with Gasteiger partial charge < -0.3 is 10.4 Å². The van der Waals surface area contributed by atoms with Gasteiger partial charge in [-0.25, -0.2) is 0 Å². The maximum Gasteiger partial charge on any atom is 0.0558 e. The molecule has 2 unspecified atom stereocenters. The predicted molar refractivity (Wildman–Crippen MR) is 79.3 cm³/mol. The summed E-state index contributed by atoms with van der Waals surface area (Å²) in [4.78, 5) is 2.38. The third kappa shape index (κ3) is 4.03. The van der Waals surface area contributed by atoms with Gasteiger partial charge in [0, 0.05) is 25.2 Å². The number of aliphatic hydroxyl groups excluding tert-OH is 1. The second-order valence-corrected chi connectivity index (χ2v) is 5.60. The highest BCUT2D eigenvalue weighted by Crippen LogP contribution is 2.21. The number of rotatable bonds is 6. The van der Waals surface area contributed by atoms with Crippen molar-refractivity contribution in [2.75, 3.05) is 26.2 Å². The molecule has 2 N–H and O–H groups in total. The number of aliphatic hydroxyl groups is 1. The number of nitrogens with one attached hydrogen (secondary N) is 1. The zero-order valence-corrected chi connectivity index (χ0v) is 12.1. The molecule has 0 amide bonds. The molecule has 0 spiro atoms. The molecule has 2 atom stereocenters. The fraction of sp³-hybridized carbons (Fsp3) is 0.625. The molecule has 1 saturated heterocycles. The average molecular weight is 262 g/mol. The maximum absolute atomic E-state index is 9.29. The highest BCUT2D eigenvalue weighted by Gasteiger charge is 2.21. The summed E-state index contributed by atoms with van der Waals surface area (Å²) in [5.41, 5.74) is 2.62. The summed E-state index contributed by atoms with van der Waals surface area (Å²) < 4.78 is 0. The average Bonchev–Trinajstić information content (AvgIpc) is 2.91. The van der Waals surface area contributed by atoms with Gasteiger partial charge in [0.25, 0.3) is 0 Å². The van der Waals surface area contributed by atoms with Gasteiger partial charge in [0.05, 0.1) is 6.61 Å². The first-order valence-electron chi connectivity index (χ1n) is 7.35. The van der Waals surface area contributed by atoms with Crippen LogP contribution in [0.2, 0.25) is 0 Å². The Morgan fingerprint density at radius 2 is 2.11 bits per heavy atom.